The highest BCUT2D eigenvalue weighted by atomic mass is 35.7. The number of ether oxygens (including phenoxy) is 1. The van der Waals surface area contributed by atoms with E-state index >= 15 is 0 Å². The van der Waals surface area contributed by atoms with Gasteiger partial charge in [0, 0.05) is 10.7 Å². The molecule has 0 aliphatic carbocycles. The first-order chi connectivity index (χ1) is 6.80. The van der Waals surface area contributed by atoms with Gasteiger partial charge in [0.05, 0.1) is 6.10 Å². The lowest BCUT2D eigenvalue weighted by Gasteiger charge is -2.04. The van der Waals surface area contributed by atoms with Crippen LogP contribution in [0, 0.1) is 0 Å². The predicted octanol–water partition coefficient (Wildman–Crippen LogP) is 1.77. The van der Waals surface area contributed by atoms with E-state index in [1.807, 2.05) is 0 Å². The van der Waals surface area contributed by atoms with Crippen LogP contribution in [0.4, 0.5) is 0 Å². The van der Waals surface area contributed by atoms with E-state index in [0.29, 0.717) is 0 Å². The Balaban J connectivity index is 2.90. The molecule has 1 rings (SSSR count). The van der Waals surface area contributed by atoms with Gasteiger partial charge in [-0.3, -0.25) is 0 Å². The van der Waals surface area contributed by atoms with Crippen LogP contribution in [-0.4, -0.2) is 20.5 Å². The predicted molar refractivity (Wildman–Crippen MR) is 52.3 cm³/mol. The zero-order valence-corrected chi connectivity index (χ0v) is 9.63. The highest BCUT2D eigenvalue weighted by molar-refractivity contribution is 8.13. The number of hydrogen-bond acceptors (Lipinski definition) is 5. The van der Waals surface area contributed by atoms with E-state index in [9.17, 15) is 13.2 Å². The lowest BCUT2D eigenvalue weighted by atomic mass is 10.4. The van der Waals surface area contributed by atoms with E-state index < -0.39 is 20.1 Å². The van der Waals surface area contributed by atoms with Gasteiger partial charge in [-0.2, -0.15) is 0 Å². The Labute approximate surface area is 91.4 Å². The van der Waals surface area contributed by atoms with Crippen LogP contribution in [-0.2, 0) is 13.8 Å². The summed E-state index contributed by atoms with van der Waals surface area (Å²) in [6, 6.07) is 2.29. The average Bonchev–Trinajstić information content (AvgIpc) is 2.48. The van der Waals surface area contributed by atoms with Crippen molar-refractivity contribution in [1.82, 2.24) is 0 Å². The van der Waals surface area contributed by atoms with Crippen LogP contribution >= 0.6 is 10.7 Å². The number of furan rings is 1. The smallest absolute Gasteiger partial charge is 0.374 e. The number of hydrogen-bond donors (Lipinski definition) is 0. The first kappa shape index (κ1) is 12.1. The molecule has 0 radical (unpaired) electrons. The molecule has 1 aromatic rings. The molecule has 84 valence electrons. The summed E-state index contributed by atoms with van der Waals surface area (Å²) in [6.45, 7) is 3.33. The molecule has 0 bridgehead atoms. The van der Waals surface area contributed by atoms with Crippen LogP contribution in [0.3, 0.4) is 0 Å². The summed E-state index contributed by atoms with van der Waals surface area (Å²) < 4.78 is 31.1. The molecule has 0 aromatic carbocycles. The second kappa shape index (κ2) is 4.24. The molecule has 0 fully saturated rings. The van der Waals surface area contributed by atoms with Gasteiger partial charge in [0.25, 0.3) is 9.05 Å². The average molecular weight is 253 g/mol. The monoisotopic (exact) mass is 252 g/mol. The largest absolute Gasteiger partial charge is 0.457 e. The molecule has 0 amide bonds. The van der Waals surface area contributed by atoms with Crippen molar-refractivity contribution in [2.75, 3.05) is 0 Å². The quantitative estimate of drug-likeness (QED) is 0.605. The third-order valence-corrected chi connectivity index (χ3v) is 2.52. The summed E-state index contributed by atoms with van der Waals surface area (Å²) in [4.78, 5) is 11.2. The van der Waals surface area contributed by atoms with E-state index in [2.05, 4.69) is 0 Å². The van der Waals surface area contributed by atoms with Crippen molar-refractivity contribution in [2.45, 2.75) is 25.0 Å². The van der Waals surface area contributed by atoms with Crippen LogP contribution < -0.4 is 0 Å². The first-order valence-electron chi connectivity index (χ1n) is 4.06. The lowest BCUT2D eigenvalue weighted by Crippen LogP contribution is -2.10. The highest BCUT2D eigenvalue weighted by Gasteiger charge is 2.20. The molecule has 0 N–H and O–H groups in total. The Morgan fingerprint density at radius 2 is 2.07 bits per heavy atom. The van der Waals surface area contributed by atoms with Crippen LogP contribution in [0.1, 0.15) is 24.4 Å². The topological polar surface area (TPSA) is 73.6 Å². The third-order valence-electron chi connectivity index (χ3n) is 1.37. The summed E-state index contributed by atoms with van der Waals surface area (Å²) in [6.07, 6.45) is -0.307. The van der Waals surface area contributed by atoms with E-state index in [0.717, 1.165) is 6.07 Å². The number of halogens is 1. The third kappa shape index (κ3) is 3.24. The second-order valence-electron chi connectivity index (χ2n) is 3.01. The SMILES string of the molecule is CC(C)OC(=O)c1ccc(S(=O)(=O)Cl)o1. The summed E-state index contributed by atoms with van der Waals surface area (Å²) in [5, 5.41) is -0.472. The molecule has 0 unspecified atom stereocenters. The Kier molecular flexibility index (Phi) is 3.41. The first-order valence-corrected chi connectivity index (χ1v) is 6.37. The summed E-state index contributed by atoms with van der Waals surface area (Å²) in [5.74, 6) is -0.917. The van der Waals surface area contributed by atoms with Gasteiger partial charge < -0.3 is 9.15 Å². The lowest BCUT2D eigenvalue weighted by molar-refractivity contribution is 0.0335. The van der Waals surface area contributed by atoms with Crippen molar-refractivity contribution in [1.29, 1.82) is 0 Å². The molecule has 7 heteroatoms. The highest BCUT2D eigenvalue weighted by Crippen LogP contribution is 2.18. The minimum absolute atomic E-state index is 0.192. The maximum absolute atomic E-state index is 11.2. The molecule has 0 saturated heterocycles. The fraction of sp³-hybridized carbons (Fsp3) is 0.375. The maximum atomic E-state index is 11.2. The van der Waals surface area contributed by atoms with Crippen molar-refractivity contribution >= 4 is 25.7 Å². The zero-order valence-electron chi connectivity index (χ0n) is 8.06. The standard InChI is InChI=1S/C8H9ClO5S/c1-5(2)13-8(10)6-3-4-7(14-6)15(9,11)12/h3-5H,1-2H3. The summed E-state index contributed by atoms with van der Waals surface area (Å²) >= 11 is 0. The molecule has 0 saturated carbocycles. The Hall–Kier alpha value is -1.01. The van der Waals surface area contributed by atoms with Crippen molar-refractivity contribution in [3.8, 4) is 0 Å². The van der Waals surface area contributed by atoms with Crippen LogP contribution in [0.25, 0.3) is 0 Å². The Bertz CT molecular complexity index is 459. The summed E-state index contributed by atoms with van der Waals surface area (Å²) in [7, 11) is 1.06. The van der Waals surface area contributed by atoms with Gasteiger partial charge in [-0.1, -0.05) is 0 Å². The van der Waals surface area contributed by atoms with Crippen molar-refractivity contribution in [2.24, 2.45) is 0 Å². The van der Waals surface area contributed by atoms with Crippen LogP contribution in [0.15, 0.2) is 21.6 Å². The Morgan fingerprint density at radius 3 is 2.47 bits per heavy atom. The molecule has 15 heavy (non-hydrogen) atoms. The van der Waals surface area contributed by atoms with E-state index in [1.54, 1.807) is 13.8 Å². The molecule has 0 aliphatic heterocycles. The van der Waals surface area contributed by atoms with Crippen molar-refractivity contribution in [3.05, 3.63) is 17.9 Å². The minimum Gasteiger partial charge on any atom is -0.457 e. The fourth-order valence-electron chi connectivity index (χ4n) is 0.833. The second-order valence-corrected chi connectivity index (χ2v) is 5.51. The van der Waals surface area contributed by atoms with Gasteiger partial charge in [-0.05, 0) is 26.0 Å². The van der Waals surface area contributed by atoms with Crippen LogP contribution in [0.2, 0.25) is 0 Å². The number of esters is 1. The van der Waals surface area contributed by atoms with Crippen molar-refractivity contribution in [3.63, 3.8) is 0 Å². The fourth-order valence-corrected chi connectivity index (χ4v) is 1.50. The van der Waals surface area contributed by atoms with Crippen LogP contribution in [0.5, 0.6) is 0 Å². The molecular weight excluding hydrogens is 244 g/mol. The maximum Gasteiger partial charge on any atom is 0.374 e. The number of carbonyl (C=O) groups excluding carboxylic acids is 1. The minimum atomic E-state index is -3.95. The Morgan fingerprint density at radius 1 is 1.47 bits per heavy atom. The van der Waals surface area contributed by atoms with Gasteiger partial charge in [-0.15, -0.1) is 0 Å². The van der Waals surface area contributed by atoms with E-state index in [1.165, 1.54) is 6.07 Å². The number of carbonyl (C=O) groups is 1. The van der Waals surface area contributed by atoms with Gasteiger partial charge in [-0.25, -0.2) is 13.2 Å². The van der Waals surface area contributed by atoms with E-state index in [4.69, 9.17) is 19.8 Å². The number of rotatable bonds is 3. The van der Waals surface area contributed by atoms with Crippen molar-refractivity contribution < 1.29 is 22.4 Å². The molecule has 1 aromatic heterocycles. The van der Waals surface area contributed by atoms with E-state index in [-0.39, 0.29) is 11.9 Å². The zero-order chi connectivity index (χ0) is 11.6. The molecule has 0 atom stereocenters. The molecule has 5 nitrogen and oxygen atoms in total. The van der Waals surface area contributed by atoms with Gasteiger partial charge in [0.1, 0.15) is 0 Å². The summed E-state index contributed by atoms with van der Waals surface area (Å²) in [5.41, 5.74) is 0. The molecule has 0 aliphatic rings. The van der Waals surface area contributed by atoms with Gasteiger partial charge in [0.2, 0.25) is 10.9 Å². The van der Waals surface area contributed by atoms with Gasteiger partial charge in [0.15, 0.2) is 0 Å². The molecule has 0 spiro atoms. The van der Waals surface area contributed by atoms with Gasteiger partial charge >= 0.3 is 5.97 Å². The molecular formula is C8H9ClO5S. The normalized spacial score (nSPS) is 11.7. The molecule has 1 heterocycles.